The van der Waals surface area contributed by atoms with E-state index in [2.05, 4.69) is 0 Å². The van der Waals surface area contributed by atoms with Gasteiger partial charge >= 0.3 is 6.09 Å². The Kier molecular flexibility index (Phi) is 3.10. The van der Waals surface area contributed by atoms with Gasteiger partial charge in [-0.1, -0.05) is 0 Å². The van der Waals surface area contributed by atoms with Crippen molar-refractivity contribution in [1.29, 1.82) is 0 Å². The minimum Gasteiger partial charge on any atom is -0.444 e. The van der Waals surface area contributed by atoms with Crippen molar-refractivity contribution in [2.45, 2.75) is 70.1 Å². The molecule has 2 aliphatic rings. The highest BCUT2D eigenvalue weighted by Gasteiger charge is 2.44. The van der Waals surface area contributed by atoms with Crippen molar-refractivity contribution in [3.05, 3.63) is 0 Å². The van der Waals surface area contributed by atoms with Gasteiger partial charge in [-0.25, -0.2) is 4.79 Å². The second-order valence-corrected chi connectivity index (χ2v) is 6.56. The minimum atomic E-state index is -0.426. The van der Waals surface area contributed by atoms with E-state index in [0.717, 1.165) is 25.7 Å². The highest BCUT2D eigenvalue weighted by molar-refractivity contribution is 5.69. The molecule has 2 N–H and O–H groups in total. The van der Waals surface area contributed by atoms with Crippen molar-refractivity contribution < 1.29 is 9.53 Å². The molecule has 0 unspecified atom stereocenters. The summed E-state index contributed by atoms with van der Waals surface area (Å²) in [5, 5.41) is 0. The van der Waals surface area contributed by atoms with Gasteiger partial charge in [0.1, 0.15) is 5.60 Å². The van der Waals surface area contributed by atoms with Crippen molar-refractivity contribution in [3.8, 4) is 0 Å². The fourth-order valence-corrected chi connectivity index (χ4v) is 2.02. The van der Waals surface area contributed by atoms with Gasteiger partial charge in [-0.05, 0) is 52.9 Å². The van der Waals surface area contributed by atoms with E-state index in [-0.39, 0.29) is 11.6 Å². The number of nitrogens with zero attached hydrogens (tertiary/aromatic N) is 1. The molecule has 0 aromatic heterocycles. The zero-order chi connectivity index (χ0) is 12.7. The molecule has 17 heavy (non-hydrogen) atoms. The number of carbonyl (C=O) groups excluding carboxylic acids is 1. The number of hydrogen-bond donors (Lipinski definition) is 1. The highest BCUT2D eigenvalue weighted by atomic mass is 16.6. The second kappa shape index (κ2) is 4.16. The maximum atomic E-state index is 12.1. The molecule has 0 saturated heterocycles. The number of hydrogen-bond acceptors (Lipinski definition) is 3. The van der Waals surface area contributed by atoms with Gasteiger partial charge in [-0.2, -0.15) is 0 Å². The third-order valence-electron chi connectivity index (χ3n) is 3.52. The van der Waals surface area contributed by atoms with E-state index in [1.807, 2.05) is 25.7 Å². The van der Waals surface area contributed by atoms with E-state index in [9.17, 15) is 4.79 Å². The predicted octanol–water partition coefficient (Wildman–Crippen LogP) is 2.27. The zero-order valence-electron chi connectivity index (χ0n) is 11.2. The number of rotatable bonds is 3. The van der Waals surface area contributed by atoms with Gasteiger partial charge in [-0.3, -0.25) is 0 Å². The molecule has 0 atom stereocenters. The normalized spacial score (nSPS) is 22.8. The standard InChI is InChI=1S/C13H24N2O2/c1-12(2,3)17-11(16)15(10-5-4-6-10)9-13(14)7-8-13/h10H,4-9,14H2,1-3H3. The Bertz CT molecular complexity index is 301. The molecule has 2 rings (SSSR count). The van der Waals surface area contributed by atoms with Crippen molar-refractivity contribution in [3.63, 3.8) is 0 Å². The summed E-state index contributed by atoms with van der Waals surface area (Å²) < 4.78 is 5.46. The summed E-state index contributed by atoms with van der Waals surface area (Å²) in [6.45, 7) is 6.37. The summed E-state index contributed by atoms with van der Waals surface area (Å²) in [5.41, 5.74) is 5.56. The van der Waals surface area contributed by atoms with Crippen LogP contribution in [0, 0.1) is 0 Å². The van der Waals surface area contributed by atoms with Crippen LogP contribution in [0.5, 0.6) is 0 Å². The first-order valence-electron chi connectivity index (χ1n) is 6.58. The Balaban J connectivity index is 1.96. The molecule has 2 aliphatic carbocycles. The number of amides is 1. The Morgan fingerprint density at radius 2 is 2.00 bits per heavy atom. The molecule has 0 spiro atoms. The van der Waals surface area contributed by atoms with Crippen LogP contribution in [0.4, 0.5) is 4.79 Å². The molecule has 0 heterocycles. The van der Waals surface area contributed by atoms with E-state index in [0.29, 0.717) is 12.6 Å². The van der Waals surface area contributed by atoms with Crippen LogP contribution in [0.1, 0.15) is 52.9 Å². The van der Waals surface area contributed by atoms with Crippen LogP contribution in [0.2, 0.25) is 0 Å². The van der Waals surface area contributed by atoms with Crippen LogP contribution >= 0.6 is 0 Å². The topological polar surface area (TPSA) is 55.6 Å². The van der Waals surface area contributed by atoms with Gasteiger partial charge in [0.25, 0.3) is 0 Å². The van der Waals surface area contributed by atoms with Crippen LogP contribution in [0.15, 0.2) is 0 Å². The number of carbonyl (C=O) groups is 1. The molecule has 4 heteroatoms. The van der Waals surface area contributed by atoms with Gasteiger partial charge in [0, 0.05) is 18.1 Å². The van der Waals surface area contributed by atoms with Crippen LogP contribution < -0.4 is 5.73 Å². The monoisotopic (exact) mass is 240 g/mol. The summed E-state index contributed by atoms with van der Waals surface area (Å²) in [6.07, 6.45) is 5.25. The van der Waals surface area contributed by atoms with Gasteiger partial charge in [-0.15, -0.1) is 0 Å². The van der Waals surface area contributed by atoms with Crippen molar-refractivity contribution in [1.82, 2.24) is 4.90 Å². The van der Waals surface area contributed by atoms with E-state index < -0.39 is 5.60 Å². The SMILES string of the molecule is CC(C)(C)OC(=O)N(CC1(N)CC1)C1CCC1. The third-order valence-corrected chi connectivity index (χ3v) is 3.52. The van der Waals surface area contributed by atoms with E-state index in [4.69, 9.17) is 10.5 Å². The highest BCUT2D eigenvalue weighted by Crippen LogP contribution is 2.36. The number of nitrogens with two attached hydrogens (primary N) is 1. The average Bonchev–Trinajstić information content (AvgIpc) is 2.76. The molecule has 0 bridgehead atoms. The zero-order valence-corrected chi connectivity index (χ0v) is 11.2. The molecule has 2 fully saturated rings. The summed E-state index contributed by atoms with van der Waals surface area (Å²) >= 11 is 0. The smallest absolute Gasteiger partial charge is 0.410 e. The maximum absolute atomic E-state index is 12.1. The summed E-state index contributed by atoms with van der Waals surface area (Å²) in [4.78, 5) is 14.0. The maximum Gasteiger partial charge on any atom is 0.410 e. The molecular formula is C13H24N2O2. The first-order chi connectivity index (χ1) is 7.79. The summed E-state index contributed by atoms with van der Waals surface area (Å²) in [6, 6.07) is 0.353. The first kappa shape index (κ1) is 12.7. The van der Waals surface area contributed by atoms with E-state index >= 15 is 0 Å². The minimum absolute atomic E-state index is 0.132. The molecule has 0 aromatic rings. The summed E-state index contributed by atoms with van der Waals surface area (Å²) in [7, 11) is 0. The lowest BCUT2D eigenvalue weighted by Crippen LogP contribution is -2.51. The number of ether oxygens (including phenoxy) is 1. The molecular weight excluding hydrogens is 216 g/mol. The van der Waals surface area contributed by atoms with Crippen molar-refractivity contribution in [2.75, 3.05) is 6.54 Å². The van der Waals surface area contributed by atoms with Gasteiger partial charge in [0.2, 0.25) is 0 Å². The van der Waals surface area contributed by atoms with E-state index in [1.54, 1.807) is 0 Å². The van der Waals surface area contributed by atoms with Crippen LogP contribution in [-0.4, -0.2) is 34.7 Å². The Hall–Kier alpha value is -0.770. The molecule has 1 amide bonds. The fraction of sp³-hybridized carbons (Fsp3) is 0.923. The van der Waals surface area contributed by atoms with E-state index in [1.165, 1.54) is 6.42 Å². The Morgan fingerprint density at radius 3 is 2.35 bits per heavy atom. The summed E-state index contributed by atoms with van der Waals surface area (Å²) in [5.74, 6) is 0. The lowest BCUT2D eigenvalue weighted by atomic mass is 9.91. The van der Waals surface area contributed by atoms with Gasteiger partial charge in [0.15, 0.2) is 0 Å². The Morgan fingerprint density at radius 1 is 1.41 bits per heavy atom. The Labute approximate surface area is 103 Å². The third kappa shape index (κ3) is 3.35. The molecule has 2 saturated carbocycles. The van der Waals surface area contributed by atoms with Crippen LogP contribution in [-0.2, 0) is 4.74 Å². The molecule has 98 valence electrons. The molecule has 0 aromatic carbocycles. The second-order valence-electron chi connectivity index (χ2n) is 6.56. The molecule has 0 aliphatic heterocycles. The largest absolute Gasteiger partial charge is 0.444 e. The van der Waals surface area contributed by atoms with Gasteiger partial charge < -0.3 is 15.4 Å². The predicted molar refractivity (Wildman–Crippen MR) is 66.7 cm³/mol. The van der Waals surface area contributed by atoms with Crippen LogP contribution in [0.3, 0.4) is 0 Å². The van der Waals surface area contributed by atoms with Crippen molar-refractivity contribution in [2.24, 2.45) is 5.73 Å². The van der Waals surface area contributed by atoms with Gasteiger partial charge in [0.05, 0.1) is 0 Å². The quantitative estimate of drug-likeness (QED) is 0.823. The lowest BCUT2D eigenvalue weighted by molar-refractivity contribution is 0.00471. The van der Waals surface area contributed by atoms with Crippen molar-refractivity contribution >= 4 is 6.09 Å². The van der Waals surface area contributed by atoms with Crippen LogP contribution in [0.25, 0.3) is 0 Å². The molecule has 4 nitrogen and oxygen atoms in total. The fourth-order valence-electron chi connectivity index (χ4n) is 2.02. The first-order valence-corrected chi connectivity index (χ1v) is 6.58. The average molecular weight is 240 g/mol. The molecule has 0 radical (unpaired) electrons. The lowest BCUT2D eigenvalue weighted by Gasteiger charge is -2.39.